The van der Waals surface area contributed by atoms with Crippen molar-refractivity contribution in [2.75, 3.05) is 5.32 Å². The number of carboxylic acid groups (broad SMARTS) is 1. The van der Waals surface area contributed by atoms with E-state index in [1.807, 2.05) is 0 Å². The lowest BCUT2D eigenvalue weighted by molar-refractivity contribution is -0.119. The Morgan fingerprint density at radius 2 is 1.94 bits per heavy atom. The molecule has 2 N–H and O–H groups in total. The van der Waals surface area contributed by atoms with Crippen LogP contribution in [0.4, 0.5) is 5.69 Å². The van der Waals surface area contributed by atoms with Gasteiger partial charge in [-0.3, -0.25) is 4.79 Å². The molecule has 0 bridgehead atoms. The van der Waals surface area contributed by atoms with Crippen molar-refractivity contribution in [1.29, 1.82) is 0 Å². The van der Waals surface area contributed by atoms with Crippen LogP contribution in [0, 0.1) is 5.92 Å². The topological polar surface area (TPSA) is 66.4 Å². The van der Waals surface area contributed by atoms with Gasteiger partial charge < -0.3 is 10.4 Å². The van der Waals surface area contributed by atoms with Gasteiger partial charge in [0.15, 0.2) is 0 Å². The van der Waals surface area contributed by atoms with Gasteiger partial charge in [0, 0.05) is 10.4 Å². The third-order valence-electron chi connectivity index (χ3n) is 3.20. The molecule has 0 heterocycles. The monoisotopic (exact) mass is 311 g/mol. The maximum Gasteiger partial charge on any atom is 0.335 e. The molecule has 18 heavy (non-hydrogen) atoms. The van der Waals surface area contributed by atoms with E-state index in [1.54, 1.807) is 6.07 Å². The van der Waals surface area contributed by atoms with E-state index in [4.69, 9.17) is 5.11 Å². The molecule has 1 aromatic rings. The molecule has 0 spiro atoms. The number of benzene rings is 1. The minimum atomic E-state index is -0.982. The summed E-state index contributed by atoms with van der Waals surface area (Å²) in [5.74, 6) is -0.864. The van der Waals surface area contributed by atoms with Gasteiger partial charge in [-0.25, -0.2) is 4.79 Å². The Morgan fingerprint density at radius 1 is 1.28 bits per heavy atom. The third-order valence-corrected chi connectivity index (χ3v) is 3.86. The summed E-state index contributed by atoms with van der Waals surface area (Å²) in [5.41, 5.74) is 0.817. The van der Waals surface area contributed by atoms with Crippen LogP contribution in [0.2, 0.25) is 0 Å². The van der Waals surface area contributed by atoms with Crippen LogP contribution in [0.3, 0.4) is 0 Å². The van der Waals surface area contributed by atoms with Gasteiger partial charge in [0.2, 0.25) is 5.91 Å². The first-order valence-electron chi connectivity index (χ1n) is 5.91. The lowest BCUT2D eigenvalue weighted by atomic mass is 10.1. The molecule has 1 aliphatic carbocycles. The molecular weight excluding hydrogens is 298 g/mol. The Morgan fingerprint density at radius 3 is 2.50 bits per heavy atom. The van der Waals surface area contributed by atoms with Gasteiger partial charge in [-0.1, -0.05) is 12.8 Å². The quantitative estimate of drug-likeness (QED) is 0.900. The van der Waals surface area contributed by atoms with E-state index in [9.17, 15) is 9.59 Å². The van der Waals surface area contributed by atoms with Gasteiger partial charge >= 0.3 is 5.97 Å². The maximum atomic E-state index is 11.9. The van der Waals surface area contributed by atoms with Gasteiger partial charge in [-0.15, -0.1) is 0 Å². The molecule has 4 nitrogen and oxygen atoms in total. The SMILES string of the molecule is O=C(O)c1ccc(NC(=O)C2CCCC2)c(Br)c1. The maximum absolute atomic E-state index is 11.9. The van der Waals surface area contributed by atoms with Gasteiger partial charge in [0.1, 0.15) is 0 Å². The van der Waals surface area contributed by atoms with Gasteiger partial charge in [-0.2, -0.15) is 0 Å². The minimum Gasteiger partial charge on any atom is -0.478 e. The molecule has 0 radical (unpaired) electrons. The summed E-state index contributed by atoms with van der Waals surface area (Å²) in [4.78, 5) is 22.7. The van der Waals surface area contributed by atoms with Crippen molar-refractivity contribution in [1.82, 2.24) is 0 Å². The molecule has 0 aliphatic heterocycles. The van der Waals surface area contributed by atoms with Crippen molar-refractivity contribution in [2.24, 2.45) is 5.92 Å². The lowest BCUT2D eigenvalue weighted by Gasteiger charge is -2.12. The van der Waals surface area contributed by atoms with Crippen LogP contribution in [0.5, 0.6) is 0 Å². The summed E-state index contributed by atoms with van der Waals surface area (Å²) in [6.45, 7) is 0. The molecule has 0 atom stereocenters. The Labute approximate surface area is 114 Å². The molecule has 0 saturated heterocycles. The number of amides is 1. The minimum absolute atomic E-state index is 0.0243. The molecule has 1 aromatic carbocycles. The second-order valence-electron chi connectivity index (χ2n) is 4.47. The summed E-state index contributed by atoms with van der Waals surface area (Å²) in [6.07, 6.45) is 4.10. The van der Waals surface area contributed by atoms with Crippen LogP contribution in [0.25, 0.3) is 0 Å². The van der Waals surface area contributed by atoms with E-state index < -0.39 is 5.97 Å². The fraction of sp³-hybridized carbons (Fsp3) is 0.385. The normalized spacial score (nSPS) is 15.6. The van der Waals surface area contributed by atoms with Crippen molar-refractivity contribution in [2.45, 2.75) is 25.7 Å². The zero-order valence-electron chi connectivity index (χ0n) is 9.78. The zero-order chi connectivity index (χ0) is 13.1. The fourth-order valence-corrected chi connectivity index (χ4v) is 2.65. The zero-order valence-corrected chi connectivity index (χ0v) is 11.4. The van der Waals surface area contributed by atoms with Crippen LogP contribution in [-0.4, -0.2) is 17.0 Å². The summed E-state index contributed by atoms with van der Waals surface area (Å²) >= 11 is 3.27. The van der Waals surface area contributed by atoms with E-state index in [2.05, 4.69) is 21.2 Å². The fourth-order valence-electron chi connectivity index (χ4n) is 2.17. The summed E-state index contributed by atoms with van der Waals surface area (Å²) in [7, 11) is 0. The third kappa shape index (κ3) is 2.90. The molecular formula is C13H14BrNO3. The summed E-state index contributed by atoms with van der Waals surface area (Å²) < 4.78 is 0.591. The number of rotatable bonds is 3. The Hall–Kier alpha value is -1.36. The van der Waals surface area contributed by atoms with E-state index >= 15 is 0 Å². The molecule has 5 heteroatoms. The highest BCUT2D eigenvalue weighted by atomic mass is 79.9. The number of carbonyl (C=O) groups is 2. The number of aromatic carboxylic acids is 1. The molecule has 0 aromatic heterocycles. The van der Waals surface area contributed by atoms with Gasteiger partial charge in [0.05, 0.1) is 11.3 Å². The first-order valence-corrected chi connectivity index (χ1v) is 6.71. The summed E-state index contributed by atoms with van der Waals surface area (Å²) in [6, 6.07) is 4.59. The standard InChI is InChI=1S/C13H14BrNO3/c14-10-7-9(13(17)18)5-6-11(10)15-12(16)8-3-1-2-4-8/h5-8H,1-4H2,(H,15,16)(H,17,18). The number of nitrogens with one attached hydrogen (secondary N) is 1. The van der Waals surface area contributed by atoms with Crippen LogP contribution >= 0.6 is 15.9 Å². The number of hydrogen-bond acceptors (Lipinski definition) is 2. The predicted octanol–water partition coefficient (Wildman–Crippen LogP) is 3.28. The van der Waals surface area contributed by atoms with Crippen LogP contribution < -0.4 is 5.32 Å². The largest absolute Gasteiger partial charge is 0.478 e. The smallest absolute Gasteiger partial charge is 0.335 e. The highest BCUT2D eigenvalue weighted by Gasteiger charge is 2.23. The Kier molecular flexibility index (Phi) is 4.01. The van der Waals surface area contributed by atoms with Crippen molar-refractivity contribution in [3.63, 3.8) is 0 Å². The highest BCUT2D eigenvalue weighted by molar-refractivity contribution is 9.10. The number of hydrogen-bond donors (Lipinski definition) is 2. The second kappa shape index (κ2) is 5.52. The van der Waals surface area contributed by atoms with E-state index in [-0.39, 0.29) is 17.4 Å². The van der Waals surface area contributed by atoms with Crippen LogP contribution in [0.15, 0.2) is 22.7 Å². The van der Waals surface area contributed by atoms with Gasteiger partial charge in [0.25, 0.3) is 0 Å². The van der Waals surface area contributed by atoms with Crippen molar-refractivity contribution in [3.8, 4) is 0 Å². The molecule has 1 aliphatic rings. The van der Waals surface area contributed by atoms with Crippen LogP contribution in [0.1, 0.15) is 36.0 Å². The van der Waals surface area contributed by atoms with Crippen LogP contribution in [-0.2, 0) is 4.79 Å². The molecule has 1 amide bonds. The molecule has 2 rings (SSSR count). The van der Waals surface area contributed by atoms with E-state index in [0.717, 1.165) is 25.7 Å². The number of carboxylic acids is 1. The predicted molar refractivity (Wildman–Crippen MR) is 71.7 cm³/mol. The lowest BCUT2D eigenvalue weighted by Crippen LogP contribution is -2.20. The van der Waals surface area contributed by atoms with E-state index in [1.165, 1.54) is 12.1 Å². The first kappa shape index (κ1) is 13.1. The highest BCUT2D eigenvalue weighted by Crippen LogP contribution is 2.28. The number of anilines is 1. The Bertz CT molecular complexity index is 481. The molecule has 1 fully saturated rings. The summed E-state index contributed by atoms with van der Waals surface area (Å²) in [5, 5.41) is 11.7. The van der Waals surface area contributed by atoms with Crippen molar-refractivity contribution in [3.05, 3.63) is 28.2 Å². The van der Waals surface area contributed by atoms with Crippen molar-refractivity contribution >= 4 is 33.5 Å². The van der Waals surface area contributed by atoms with Gasteiger partial charge in [-0.05, 0) is 47.0 Å². The second-order valence-corrected chi connectivity index (χ2v) is 5.32. The average molecular weight is 312 g/mol. The first-order chi connectivity index (χ1) is 8.58. The number of carbonyl (C=O) groups excluding carboxylic acids is 1. The van der Waals surface area contributed by atoms with Crippen molar-refractivity contribution < 1.29 is 14.7 Å². The molecule has 0 unspecified atom stereocenters. The van der Waals surface area contributed by atoms with E-state index in [0.29, 0.717) is 10.2 Å². The Balaban J connectivity index is 2.09. The number of halogens is 1. The molecule has 96 valence electrons. The molecule has 1 saturated carbocycles. The average Bonchev–Trinajstić information content (AvgIpc) is 2.85.